The third kappa shape index (κ3) is 2.42. The lowest BCUT2D eigenvalue weighted by Gasteiger charge is -2.15. The Morgan fingerprint density at radius 1 is 1.62 bits per heavy atom. The molecule has 0 saturated carbocycles. The summed E-state index contributed by atoms with van der Waals surface area (Å²) in [6, 6.07) is 0. The van der Waals surface area contributed by atoms with E-state index in [4.69, 9.17) is 15.0 Å². The van der Waals surface area contributed by atoms with Crippen LogP contribution >= 0.6 is 0 Å². The first-order chi connectivity index (χ1) is 6.09. The maximum absolute atomic E-state index is 10.5. The highest BCUT2D eigenvalue weighted by atomic mass is 16.8. The second-order valence-electron chi connectivity index (χ2n) is 3.19. The highest BCUT2D eigenvalue weighted by Gasteiger charge is 2.40. The molecule has 2 atom stereocenters. The Balaban J connectivity index is 2.63. The van der Waals surface area contributed by atoms with Gasteiger partial charge in [-0.05, 0) is 19.4 Å². The molecule has 0 aromatic heterocycles. The predicted molar refractivity (Wildman–Crippen MR) is 43.9 cm³/mol. The molecule has 0 amide bonds. The fraction of sp³-hybridized carbons (Fsp3) is 0.857. The normalized spacial score (nSPS) is 30.9. The van der Waals surface area contributed by atoms with Gasteiger partial charge in [0.15, 0.2) is 12.1 Å². The van der Waals surface area contributed by atoms with Crippen molar-refractivity contribution in [1.29, 1.82) is 0 Å². The summed E-state index contributed by atoms with van der Waals surface area (Å²) in [4.78, 5) is 13.1. The zero-order chi connectivity index (χ0) is 9.90. The SMILES string of the molecule is CC1(C)O[C@@H](C=O)[C@@H](CN=[N+]=[N-])O1. The van der Waals surface area contributed by atoms with Gasteiger partial charge in [0.25, 0.3) is 0 Å². The Labute approximate surface area is 75.4 Å². The molecule has 1 heterocycles. The van der Waals surface area contributed by atoms with E-state index < -0.39 is 18.0 Å². The van der Waals surface area contributed by atoms with Gasteiger partial charge in [0, 0.05) is 4.91 Å². The van der Waals surface area contributed by atoms with Gasteiger partial charge in [0.1, 0.15) is 6.10 Å². The van der Waals surface area contributed by atoms with Gasteiger partial charge in [-0.1, -0.05) is 5.11 Å². The predicted octanol–water partition coefficient (Wildman–Crippen LogP) is 1.02. The van der Waals surface area contributed by atoms with E-state index in [0.717, 1.165) is 0 Å². The van der Waals surface area contributed by atoms with E-state index in [1.54, 1.807) is 13.8 Å². The van der Waals surface area contributed by atoms with Gasteiger partial charge in [-0.2, -0.15) is 0 Å². The molecule has 1 aliphatic heterocycles. The molecule has 1 aliphatic rings. The summed E-state index contributed by atoms with van der Waals surface area (Å²) in [5, 5.41) is 3.33. The van der Waals surface area contributed by atoms with E-state index in [0.29, 0.717) is 6.29 Å². The smallest absolute Gasteiger partial charge is 0.164 e. The van der Waals surface area contributed by atoms with Gasteiger partial charge in [0.2, 0.25) is 0 Å². The van der Waals surface area contributed by atoms with Crippen molar-refractivity contribution in [2.45, 2.75) is 31.8 Å². The van der Waals surface area contributed by atoms with E-state index in [2.05, 4.69) is 10.0 Å². The minimum Gasteiger partial charge on any atom is -0.344 e. The van der Waals surface area contributed by atoms with Crippen LogP contribution in [0.3, 0.4) is 0 Å². The Hall–Kier alpha value is -1.10. The lowest BCUT2D eigenvalue weighted by atomic mass is 10.2. The number of aldehydes is 1. The summed E-state index contributed by atoms with van der Waals surface area (Å²) in [6.45, 7) is 3.53. The minimum absolute atomic E-state index is 0.114. The molecular weight excluding hydrogens is 174 g/mol. The van der Waals surface area contributed by atoms with Crippen molar-refractivity contribution in [3.63, 3.8) is 0 Å². The first kappa shape index (κ1) is 9.98. The maximum atomic E-state index is 10.5. The van der Waals surface area contributed by atoms with Crippen LogP contribution in [0.4, 0.5) is 0 Å². The fourth-order valence-electron chi connectivity index (χ4n) is 1.24. The molecule has 0 aromatic carbocycles. The summed E-state index contributed by atoms with van der Waals surface area (Å²) in [5.41, 5.74) is 8.09. The molecule has 0 radical (unpaired) electrons. The minimum atomic E-state index is -0.777. The third-order valence-corrected chi connectivity index (χ3v) is 1.68. The lowest BCUT2D eigenvalue weighted by Crippen LogP contribution is -2.26. The van der Waals surface area contributed by atoms with E-state index in [1.165, 1.54) is 0 Å². The molecule has 0 aliphatic carbocycles. The first-order valence-electron chi connectivity index (χ1n) is 3.91. The highest BCUT2D eigenvalue weighted by molar-refractivity contribution is 5.57. The van der Waals surface area contributed by atoms with Crippen LogP contribution in [0.5, 0.6) is 0 Å². The van der Waals surface area contributed by atoms with Crippen molar-refractivity contribution in [3.05, 3.63) is 10.4 Å². The summed E-state index contributed by atoms with van der Waals surface area (Å²) in [5.74, 6) is -0.777. The summed E-state index contributed by atoms with van der Waals surface area (Å²) >= 11 is 0. The summed E-state index contributed by atoms with van der Waals surface area (Å²) in [7, 11) is 0. The second-order valence-corrected chi connectivity index (χ2v) is 3.19. The zero-order valence-electron chi connectivity index (χ0n) is 7.51. The van der Waals surface area contributed by atoms with Crippen molar-refractivity contribution in [2.75, 3.05) is 6.54 Å². The second kappa shape index (κ2) is 3.74. The Bertz CT molecular complexity index is 247. The van der Waals surface area contributed by atoms with Gasteiger partial charge in [-0.25, -0.2) is 0 Å². The monoisotopic (exact) mass is 185 g/mol. The van der Waals surface area contributed by atoms with Crippen molar-refractivity contribution >= 4 is 6.29 Å². The number of carbonyl (C=O) groups excluding carboxylic acids is 1. The van der Waals surface area contributed by atoms with Crippen molar-refractivity contribution < 1.29 is 14.3 Å². The largest absolute Gasteiger partial charge is 0.344 e. The molecule has 6 heteroatoms. The molecule has 1 rings (SSSR count). The number of azide groups is 1. The number of rotatable bonds is 3. The van der Waals surface area contributed by atoms with Gasteiger partial charge < -0.3 is 14.3 Å². The Kier molecular flexibility index (Phi) is 2.87. The van der Waals surface area contributed by atoms with Crippen molar-refractivity contribution in [2.24, 2.45) is 5.11 Å². The Morgan fingerprint density at radius 3 is 2.85 bits per heavy atom. The molecule has 0 bridgehead atoms. The molecule has 13 heavy (non-hydrogen) atoms. The molecule has 1 fully saturated rings. The average Bonchev–Trinajstić information content (AvgIpc) is 2.37. The number of hydrogen-bond donors (Lipinski definition) is 0. The highest BCUT2D eigenvalue weighted by Crippen LogP contribution is 2.27. The van der Waals surface area contributed by atoms with Crippen LogP contribution in [-0.2, 0) is 14.3 Å². The van der Waals surface area contributed by atoms with Crippen LogP contribution in [0.1, 0.15) is 13.8 Å². The molecule has 0 aromatic rings. The van der Waals surface area contributed by atoms with E-state index in [-0.39, 0.29) is 6.54 Å². The van der Waals surface area contributed by atoms with Gasteiger partial charge in [-0.15, -0.1) is 0 Å². The zero-order valence-corrected chi connectivity index (χ0v) is 7.51. The molecule has 0 unspecified atom stereocenters. The molecule has 0 N–H and O–H groups in total. The summed E-state index contributed by atoms with van der Waals surface area (Å²) in [6.07, 6.45) is -0.448. The lowest BCUT2D eigenvalue weighted by molar-refractivity contribution is -0.149. The number of nitrogens with zero attached hydrogens (tertiary/aromatic N) is 3. The fourth-order valence-corrected chi connectivity index (χ4v) is 1.24. The number of carbonyl (C=O) groups is 1. The number of ether oxygens (including phenoxy) is 2. The quantitative estimate of drug-likeness (QED) is 0.284. The van der Waals surface area contributed by atoms with Crippen LogP contribution in [0.2, 0.25) is 0 Å². The van der Waals surface area contributed by atoms with Gasteiger partial charge in [-0.3, -0.25) is 0 Å². The average molecular weight is 185 g/mol. The van der Waals surface area contributed by atoms with Crippen molar-refractivity contribution in [1.82, 2.24) is 0 Å². The molecule has 0 spiro atoms. The van der Waals surface area contributed by atoms with Crippen LogP contribution < -0.4 is 0 Å². The third-order valence-electron chi connectivity index (χ3n) is 1.68. The standard InChI is InChI=1S/C7H11N3O3/c1-7(2)12-5(3-9-10-8)6(4-11)13-7/h4-6H,3H2,1-2H3/t5-,6+/m1/s1. The van der Waals surface area contributed by atoms with Crippen LogP contribution in [-0.4, -0.2) is 30.8 Å². The van der Waals surface area contributed by atoms with E-state index in [1.807, 2.05) is 0 Å². The number of hydrogen-bond acceptors (Lipinski definition) is 4. The molecule has 72 valence electrons. The molecule has 1 saturated heterocycles. The van der Waals surface area contributed by atoms with E-state index >= 15 is 0 Å². The summed E-state index contributed by atoms with van der Waals surface area (Å²) < 4.78 is 10.6. The maximum Gasteiger partial charge on any atom is 0.164 e. The van der Waals surface area contributed by atoms with Crippen LogP contribution in [0.15, 0.2) is 5.11 Å². The van der Waals surface area contributed by atoms with Gasteiger partial charge >= 0.3 is 0 Å². The molecule has 6 nitrogen and oxygen atoms in total. The van der Waals surface area contributed by atoms with E-state index in [9.17, 15) is 4.79 Å². The topological polar surface area (TPSA) is 84.3 Å². The molecular formula is C7H11N3O3. The van der Waals surface area contributed by atoms with Crippen molar-refractivity contribution in [3.8, 4) is 0 Å². The Morgan fingerprint density at radius 2 is 2.31 bits per heavy atom. The van der Waals surface area contributed by atoms with Crippen LogP contribution in [0, 0.1) is 0 Å². The van der Waals surface area contributed by atoms with Crippen LogP contribution in [0.25, 0.3) is 10.4 Å². The first-order valence-corrected chi connectivity index (χ1v) is 3.91. The van der Waals surface area contributed by atoms with Gasteiger partial charge in [0.05, 0.1) is 12.6 Å².